The first-order chi connectivity index (χ1) is 13.7. The number of amides is 1. The van der Waals surface area contributed by atoms with Crippen LogP contribution in [-0.4, -0.2) is 33.8 Å². The van der Waals surface area contributed by atoms with Crippen LogP contribution in [0.25, 0.3) is 0 Å². The van der Waals surface area contributed by atoms with Crippen molar-refractivity contribution in [2.24, 2.45) is 0 Å². The fourth-order valence-electron chi connectivity index (χ4n) is 3.65. The number of hydrogen-bond acceptors (Lipinski definition) is 4. The molecule has 1 amide bonds. The molecule has 2 unspecified atom stereocenters. The second-order valence-corrected chi connectivity index (χ2v) is 7.26. The smallest absolute Gasteiger partial charge is 0.272 e. The van der Waals surface area contributed by atoms with Crippen LogP contribution in [0.2, 0.25) is 0 Å². The Kier molecular flexibility index (Phi) is 5.48. The Morgan fingerprint density at radius 2 is 2.18 bits per heavy atom. The summed E-state index contributed by atoms with van der Waals surface area (Å²) in [6.45, 7) is 3.98. The Morgan fingerprint density at radius 3 is 2.93 bits per heavy atom. The maximum atomic E-state index is 13.0. The van der Waals surface area contributed by atoms with E-state index in [1.165, 1.54) is 0 Å². The molecule has 1 aromatic carbocycles. The zero-order chi connectivity index (χ0) is 19.3. The van der Waals surface area contributed by atoms with E-state index in [1.807, 2.05) is 54.2 Å². The van der Waals surface area contributed by atoms with Gasteiger partial charge in [-0.1, -0.05) is 35.9 Å². The minimum absolute atomic E-state index is 0.195. The zero-order valence-electron chi connectivity index (χ0n) is 16.0. The maximum Gasteiger partial charge on any atom is 0.272 e. The van der Waals surface area contributed by atoms with Gasteiger partial charge in [-0.3, -0.25) is 14.5 Å². The van der Waals surface area contributed by atoms with Crippen molar-refractivity contribution in [3.63, 3.8) is 0 Å². The number of pyridine rings is 1. The molecule has 28 heavy (non-hydrogen) atoms. The van der Waals surface area contributed by atoms with Crippen molar-refractivity contribution in [1.82, 2.24) is 25.4 Å². The lowest BCUT2D eigenvalue weighted by molar-refractivity contribution is 0.0936. The molecule has 1 saturated heterocycles. The molecule has 1 aliphatic rings. The summed E-state index contributed by atoms with van der Waals surface area (Å²) in [5.41, 5.74) is 3.38. The van der Waals surface area contributed by atoms with Crippen LogP contribution in [0.4, 0.5) is 0 Å². The molecule has 2 atom stereocenters. The van der Waals surface area contributed by atoms with Crippen LogP contribution < -0.4 is 10.6 Å². The molecule has 2 N–H and O–H groups in total. The summed E-state index contributed by atoms with van der Waals surface area (Å²) < 4.78 is 1.91. The average molecular weight is 375 g/mol. The summed E-state index contributed by atoms with van der Waals surface area (Å²) in [4.78, 5) is 17.4. The predicted octanol–water partition coefficient (Wildman–Crippen LogP) is 3.03. The number of hydrogen-bond donors (Lipinski definition) is 2. The Labute approximate surface area is 165 Å². The molecule has 0 bridgehead atoms. The Hall–Kier alpha value is -2.99. The first-order valence-corrected chi connectivity index (χ1v) is 9.75. The van der Waals surface area contributed by atoms with E-state index in [4.69, 9.17) is 0 Å². The first kappa shape index (κ1) is 18.4. The zero-order valence-corrected chi connectivity index (χ0v) is 16.0. The molecular formula is C22H25N5O. The fourth-order valence-corrected chi connectivity index (χ4v) is 3.65. The third-order valence-corrected chi connectivity index (χ3v) is 5.12. The molecule has 0 saturated carbocycles. The van der Waals surface area contributed by atoms with E-state index in [2.05, 4.69) is 26.8 Å². The molecule has 6 heteroatoms. The highest BCUT2D eigenvalue weighted by Gasteiger charge is 2.22. The topological polar surface area (TPSA) is 71.8 Å². The molecule has 0 aliphatic carbocycles. The molecule has 0 spiro atoms. The van der Waals surface area contributed by atoms with E-state index in [-0.39, 0.29) is 11.9 Å². The number of carbonyl (C=O) groups excluding carboxylic acids is 1. The Morgan fingerprint density at radius 1 is 1.25 bits per heavy atom. The van der Waals surface area contributed by atoms with Gasteiger partial charge in [-0.25, -0.2) is 0 Å². The van der Waals surface area contributed by atoms with E-state index in [1.54, 1.807) is 12.3 Å². The van der Waals surface area contributed by atoms with Crippen molar-refractivity contribution in [1.29, 1.82) is 0 Å². The SMILES string of the molecule is Cc1cccc(C(NC(=O)c2ccn(C3CCCNC3)n2)c2ccccn2)c1. The number of benzene rings is 1. The van der Waals surface area contributed by atoms with Gasteiger partial charge >= 0.3 is 0 Å². The van der Waals surface area contributed by atoms with Crippen molar-refractivity contribution < 1.29 is 4.79 Å². The summed E-state index contributed by atoms with van der Waals surface area (Å²) in [5, 5.41) is 11.0. The number of nitrogens with one attached hydrogen (secondary N) is 2. The van der Waals surface area contributed by atoms with Gasteiger partial charge in [0.25, 0.3) is 5.91 Å². The van der Waals surface area contributed by atoms with E-state index < -0.39 is 0 Å². The van der Waals surface area contributed by atoms with Crippen molar-refractivity contribution in [2.75, 3.05) is 13.1 Å². The van der Waals surface area contributed by atoms with Crippen LogP contribution in [0, 0.1) is 6.92 Å². The second-order valence-electron chi connectivity index (χ2n) is 7.26. The van der Waals surface area contributed by atoms with Crippen LogP contribution in [0.1, 0.15) is 52.2 Å². The van der Waals surface area contributed by atoms with Gasteiger partial charge in [0.1, 0.15) is 5.69 Å². The largest absolute Gasteiger partial charge is 0.338 e. The Bertz CT molecular complexity index is 931. The van der Waals surface area contributed by atoms with Gasteiger partial charge in [0, 0.05) is 18.9 Å². The number of aryl methyl sites for hydroxylation is 1. The monoisotopic (exact) mass is 375 g/mol. The van der Waals surface area contributed by atoms with Crippen LogP contribution in [-0.2, 0) is 0 Å². The van der Waals surface area contributed by atoms with Gasteiger partial charge in [0.2, 0.25) is 0 Å². The van der Waals surface area contributed by atoms with Gasteiger partial charge in [-0.2, -0.15) is 5.10 Å². The van der Waals surface area contributed by atoms with Crippen LogP contribution in [0.5, 0.6) is 0 Å². The lowest BCUT2D eigenvalue weighted by atomic mass is 10.0. The third kappa shape index (κ3) is 4.12. The molecule has 3 aromatic rings. The molecule has 1 aliphatic heterocycles. The standard InChI is InChI=1S/C22H25N5O/c1-16-6-4-7-17(14-16)21(19-9-2-3-12-24-19)25-22(28)20-10-13-27(26-20)18-8-5-11-23-15-18/h2-4,6-7,9-10,12-14,18,21,23H,5,8,11,15H2,1H3,(H,25,28). The quantitative estimate of drug-likeness (QED) is 0.719. The molecule has 3 heterocycles. The van der Waals surface area contributed by atoms with Gasteiger partial charge in [0.05, 0.1) is 17.8 Å². The summed E-state index contributed by atoms with van der Waals surface area (Å²) in [5.74, 6) is -0.195. The van der Waals surface area contributed by atoms with E-state index in [0.29, 0.717) is 11.7 Å². The van der Waals surface area contributed by atoms with Gasteiger partial charge in [0.15, 0.2) is 0 Å². The Balaban J connectivity index is 1.56. The van der Waals surface area contributed by atoms with Gasteiger partial charge in [-0.05, 0) is 50.1 Å². The third-order valence-electron chi connectivity index (χ3n) is 5.12. The highest BCUT2D eigenvalue weighted by molar-refractivity contribution is 5.92. The minimum atomic E-state index is -0.324. The summed E-state index contributed by atoms with van der Waals surface area (Å²) in [6.07, 6.45) is 5.85. The lowest BCUT2D eigenvalue weighted by Crippen LogP contribution is -2.33. The molecule has 1 fully saturated rings. The maximum absolute atomic E-state index is 13.0. The van der Waals surface area contributed by atoms with Gasteiger partial charge < -0.3 is 10.6 Å². The molecule has 6 nitrogen and oxygen atoms in total. The normalized spacial score (nSPS) is 17.8. The second kappa shape index (κ2) is 8.35. The van der Waals surface area contributed by atoms with Crippen LogP contribution in [0.3, 0.4) is 0 Å². The van der Waals surface area contributed by atoms with Crippen molar-refractivity contribution >= 4 is 5.91 Å². The fraction of sp³-hybridized carbons (Fsp3) is 0.318. The highest BCUT2D eigenvalue weighted by Crippen LogP contribution is 2.22. The number of aromatic nitrogens is 3. The van der Waals surface area contributed by atoms with Crippen LogP contribution in [0.15, 0.2) is 60.9 Å². The van der Waals surface area contributed by atoms with E-state index in [0.717, 1.165) is 42.8 Å². The summed E-state index contributed by atoms with van der Waals surface area (Å²) in [6, 6.07) is 15.6. The molecule has 0 radical (unpaired) electrons. The van der Waals surface area contributed by atoms with Gasteiger partial charge in [-0.15, -0.1) is 0 Å². The predicted molar refractivity (Wildman–Crippen MR) is 108 cm³/mol. The first-order valence-electron chi connectivity index (χ1n) is 9.75. The number of carbonyl (C=O) groups is 1. The lowest BCUT2D eigenvalue weighted by Gasteiger charge is -2.23. The molecule has 2 aromatic heterocycles. The van der Waals surface area contributed by atoms with E-state index >= 15 is 0 Å². The summed E-state index contributed by atoms with van der Waals surface area (Å²) in [7, 11) is 0. The van der Waals surface area contributed by atoms with E-state index in [9.17, 15) is 4.79 Å². The number of nitrogens with zero attached hydrogens (tertiary/aromatic N) is 3. The number of piperidine rings is 1. The molecular weight excluding hydrogens is 350 g/mol. The molecule has 4 rings (SSSR count). The van der Waals surface area contributed by atoms with Crippen LogP contribution >= 0.6 is 0 Å². The average Bonchev–Trinajstić information content (AvgIpc) is 3.24. The van der Waals surface area contributed by atoms with Crippen molar-refractivity contribution in [2.45, 2.75) is 31.8 Å². The summed E-state index contributed by atoms with van der Waals surface area (Å²) >= 11 is 0. The minimum Gasteiger partial charge on any atom is -0.338 e. The van der Waals surface area contributed by atoms with Crippen molar-refractivity contribution in [3.05, 3.63) is 83.4 Å². The highest BCUT2D eigenvalue weighted by atomic mass is 16.2. The number of rotatable bonds is 5. The molecule has 144 valence electrons. The van der Waals surface area contributed by atoms with Crippen molar-refractivity contribution in [3.8, 4) is 0 Å².